The first-order chi connectivity index (χ1) is 8.25. The van der Waals surface area contributed by atoms with Crippen LogP contribution in [0.4, 0.5) is 5.69 Å². The highest BCUT2D eigenvalue weighted by atomic mass is 32.1. The van der Waals surface area contributed by atoms with Crippen LogP contribution in [0.5, 0.6) is 0 Å². The van der Waals surface area contributed by atoms with E-state index in [1.54, 1.807) is 17.5 Å². The van der Waals surface area contributed by atoms with E-state index in [2.05, 4.69) is 22.2 Å². The summed E-state index contributed by atoms with van der Waals surface area (Å²) in [5.41, 5.74) is 7.28. The number of pyridine rings is 1. The lowest BCUT2D eigenvalue weighted by molar-refractivity contribution is 0.606. The molecule has 0 amide bonds. The summed E-state index contributed by atoms with van der Waals surface area (Å²) >= 11 is 1.70. The normalized spacial score (nSPS) is 12.5. The molecule has 4 nitrogen and oxygen atoms in total. The van der Waals surface area contributed by atoms with Gasteiger partial charge in [-0.05, 0) is 12.1 Å². The summed E-state index contributed by atoms with van der Waals surface area (Å²) in [7, 11) is 0. The number of aromatic nitrogens is 2. The Hall–Kier alpha value is -1.46. The molecule has 1 unspecified atom stereocenters. The Balaban J connectivity index is 1.78. The second-order valence-corrected chi connectivity index (χ2v) is 4.91. The molecule has 0 fully saturated rings. The van der Waals surface area contributed by atoms with Crippen molar-refractivity contribution in [2.24, 2.45) is 0 Å². The number of hydrogen-bond acceptors (Lipinski definition) is 5. The Morgan fingerprint density at radius 3 is 2.94 bits per heavy atom. The minimum absolute atomic E-state index is 0.434. The summed E-state index contributed by atoms with van der Waals surface area (Å²) in [6.07, 6.45) is 3.53. The standard InChI is InChI=1S/C12H16N4S/c1-9(12-15-4-5-17-12)6-14-8-11-3-2-10(13)7-16-11/h2-5,7,9,14H,6,8,13H2,1H3. The molecular weight excluding hydrogens is 232 g/mol. The molecule has 0 saturated carbocycles. The van der Waals surface area contributed by atoms with Gasteiger partial charge in [-0.2, -0.15) is 0 Å². The zero-order valence-corrected chi connectivity index (χ0v) is 10.6. The molecule has 0 aliphatic rings. The van der Waals surface area contributed by atoms with E-state index in [4.69, 9.17) is 5.73 Å². The highest BCUT2D eigenvalue weighted by molar-refractivity contribution is 7.09. The van der Waals surface area contributed by atoms with Crippen LogP contribution in [-0.4, -0.2) is 16.5 Å². The van der Waals surface area contributed by atoms with Crippen molar-refractivity contribution in [3.63, 3.8) is 0 Å². The van der Waals surface area contributed by atoms with Crippen LogP contribution in [0.25, 0.3) is 0 Å². The first-order valence-electron chi connectivity index (χ1n) is 5.56. The van der Waals surface area contributed by atoms with Crippen LogP contribution in [-0.2, 0) is 6.54 Å². The number of rotatable bonds is 5. The largest absolute Gasteiger partial charge is 0.397 e. The van der Waals surface area contributed by atoms with Crippen LogP contribution >= 0.6 is 11.3 Å². The minimum atomic E-state index is 0.434. The van der Waals surface area contributed by atoms with Gasteiger partial charge in [0.25, 0.3) is 0 Å². The second kappa shape index (κ2) is 5.75. The van der Waals surface area contributed by atoms with E-state index < -0.39 is 0 Å². The summed E-state index contributed by atoms with van der Waals surface area (Å²) in [4.78, 5) is 8.54. The van der Waals surface area contributed by atoms with Gasteiger partial charge in [0.15, 0.2) is 0 Å². The van der Waals surface area contributed by atoms with Crippen LogP contribution in [0.3, 0.4) is 0 Å². The number of nitrogens with one attached hydrogen (secondary N) is 1. The van der Waals surface area contributed by atoms with Gasteiger partial charge in [-0.15, -0.1) is 11.3 Å². The zero-order chi connectivity index (χ0) is 12.1. The lowest BCUT2D eigenvalue weighted by Gasteiger charge is -2.09. The summed E-state index contributed by atoms with van der Waals surface area (Å²) in [5, 5.41) is 6.55. The fourth-order valence-corrected chi connectivity index (χ4v) is 2.22. The van der Waals surface area contributed by atoms with Crippen LogP contribution < -0.4 is 11.1 Å². The summed E-state index contributed by atoms with van der Waals surface area (Å²) < 4.78 is 0. The molecule has 3 N–H and O–H groups in total. The lowest BCUT2D eigenvalue weighted by Crippen LogP contribution is -2.20. The molecular formula is C12H16N4S. The lowest BCUT2D eigenvalue weighted by atomic mass is 10.2. The molecule has 0 aromatic carbocycles. The maximum atomic E-state index is 5.58. The zero-order valence-electron chi connectivity index (χ0n) is 9.76. The Labute approximate surface area is 105 Å². The predicted octanol–water partition coefficient (Wildman–Crippen LogP) is 2.01. The van der Waals surface area contributed by atoms with Gasteiger partial charge in [0.1, 0.15) is 0 Å². The third kappa shape index (κ3) is 3.51. The quantitative estimate of drug-likeness (QED) is 0.849. The third-order valence-electron chi connectivity index (χ3n) is 2.48. The molecule has 0 bridgehead atoms. The van der Waals surface area contributed by atoms with Gasteiger partial charge in [-0.1, -0.05) is 6.92 Å². The van der Waals surface area contributed by atoms with Crippen molar-refractivity contribution >= 4 is 17.0 Å². The van der Waals surface area contributed by atoms with Crippen LogP contribution in [0.2, 0.25) is 0 Å². The Kier molecular flexibility index (Phi) is 4.06. The summed E-state index contributed by atoms with van der Waals surface area (Å²) in [6.45, 7) is 3.83. The van der Waals surface area contributed by atoms with Crippen molar-refractivity contribution in [2.45, 2.75) is 19.4 Å². The molecule has 17 heavy (non-hydrogen) atoms. The molecule has 5 heteroatoms. The summed E-state index contributed by atoms with van der Waals surface area (Å²) in [6, 6.07) is 3.81. The van der Waals surface area contributed by atoms with Crippen molar-refractivity contribution in [1.82, 2.24) is 15.3 Å². The maximum absolute atomic E-state index is 5.58. The van der Waals surface area contributed by atoms with Crippen molar-refractivity contribution in [3.05, 3.63) is 40.6 Å². The third-order valence-corrected chi connectivity index (χ3v) is 3.48. The Morgan fingerprint density at radius 1 is 1.41 bits per heavy atom. The maximum Gasteiger partial charge on any atom is 0.0965 e. The number of thiazole rings is 1. The number of nitrogens with zero attached hydrogens (tertiary/aromatic N) is 2. The Bertz CT molecular complexity index is 438. The molecule has 2 heterocycles. The number of anilines is 1. The van der Waals surface area contributed by atoms with Gasteiger partial charge < -0.3 is 11.1 Å². The van der Waals surface area contributed by atoms with Gasteiger partial charge in [-0.25, -0.2) is 4.98 Å². The van der Waals surface area contributed by atoms with Crippen molar-refractivity contribution in [3.8, 4) is 0 Å². The van der Waals surface area contributed by atoms with Crippen LogP contribution in [0.15, 0.2) is 29.9 Å². The van der Waals surface area contributed by atoms with Gasteiger partial charge in [0, 0.05) is 30.6 Å². The molecule has 2 aromatic rings. The number of hydrogen-bond donors (Lipinski definition) is 2. The van der Waals surface area contributed by atoms with Crippen molar-refractivity contribution in [2.75, 3.05) is 12.3 Å². The predicted molar refractivity (Wildman–Crippen MR) is 70.9 cm³/mol. The van der Waals surface area contributed by atoms with Crippen LogP contribution in [0, 0.1) is 0 Å². The van der Waals surface area contributed by atoms with E-state index in [1.165, 1.54) is 5.01 Å². The molecule has 2 aromatic heterocycles. The molecule has 0 saturated heterocycles. The van der Waals surface area contributed by atoms with E-state index in [1.807, 2.05) is 23.7 Å². The van der Waals surface area contributed by atoms with Crippen LogP contribution in [0.1, 0.15) is 23.5 Å². The fraction of sp³-hybridized carbons (Fsp3) is 0.333. The molecule has 90 valence electrons. The molecule has 1 atom stereocenters. The molecule has 0 aliphatic carbocycles. The molecule has 0 aliphatic heterocycles. The highest BCUT2D eigenvalue weighted by Crippen LogP contribution is 2.16. The van der Waals surface area contributed by atoms with Gasteiger partial charge in [0.05, 0.1) is 22.6 Å². The van der Waals surface area contributed by atoms with E-state index in [0.29, 0.717) is 11.6 Å². The van der Waals surface area contributed by atoms with Gasteiger partial charge in [0.2, 0.25) is 0 Å². The van der Waals surface area contributed by atoms with Crippen molar-refractivity contribution in [1.29, 1.82) is 0 Å². The topological polar surface area (TPSA) is 63.8 Å². The van der Waals surface area contributed by atoms with Gasteiger partial charge in [-0.3, -0.25) is 4.98 Å². The average Bonchev–Trinajstić information content (AvgIpc) is 2.85. The molecule has 2 rings (SSSR count). The number of nitrogens with two attached hydrogens (primary N) is 1. The van der Waals surface area contributed by atoms with E-state index in [-0.39, 0.29) is 0 Å². The monoisotopic (exact) mass is 248 g/mol. The average molecular weight is 248 g/mol. The smallest absolute Gasteiger partial charge is 0.0965 e. The van der Waals surface area contributed by atoms with E-state index in [9.17, 15) is 0 Å². The first kappa shape index (κ1) is 12.0. The summed E-state index contributed by atoms with van der Waals surface area (Å²) in [5.74, 6) is 0.434. The second-order valence-electron chi connectivity index (χ2n) is 3.99. The first-order valence-corrected chi connectivity index (χ1v) is 6.44. The minimum Gasteiger partial charge on any atom is -0.397 e. The van der Waals surface area contributed by atoms with Gasteiger partial charge >= 0.3 is 0 Å². The Morgan fingerprint density at radius 2 is 2.29 bits per heavy atom. The number of nitrogen functional groups attached to an aromatic ring is 1. The van der Waals surface area contributed by atoms with E-state index in [0.717, 1.165) is 18.8 Å². The fourth-order valence-electron chi connectivity index (χ4n) is 1.52. The van der Waals surface area contributed by atoms with E-state index >= 15 is 0 Å². The molecule has 0 radical (unpaired) electrons. The van der Waals surface area contributed by atoms with Crippen molar-refractivity contribution < 1.29 is 0 Å². The molecule has 0 spiro atoms. The SMILES string of the molecule is CC(CNCc1ccc(N)cn1)c1nccs1. The highest BCUT2D eigenvalue weighted by Gasteiger charge is 2.07.